The number of nitrogens with zero attached hydrogens (tertiary/aromatic N) is 5. The second-order valence-corrected chi connectivity index (χ2v) is 9.35. The molecule has 2 aliphatic rings. The fraction of sp³-hybridized carbons (Fsp3) is 0.500. The van der Waals surface area contributed by atoms with Crippen LogP contribution < -0.4 is 21.7 Å². The average Bonchev–Trinajstić information content (AvgIpc) is 3.56. The molecule has 1 atom stereocenters. The third-order valence-corrected chi connectivity index (χ3v) is 7.17. The van der Waals surface area contributed by atoms with Crippen molar-refractivity contribution in [2.45, 2.75) is 63.6 Å². The third kappa shape index (κ3) is 4.01. The summed E-state index contributed by atoms with van der Waals surface area (Å²) in [6, 6.07) is 6.63. The van der Waals surface area contributed by atoms with Gasteiger partial charge in [-0.05, 0) is 42.9 Å². The van der Waals surface area contributed by atoms with E-state index in [0.717, 1.165) is 31.5 Å². The van der Waals surface area contributed by atoms with Crippen LogP contribution in [-0.2, 0) is 17.8 Å². The molecule has 0 bridgehead atoms. The van der Waals surface area contributed by atoms with Crippen molar-refractivity contribution in [2.24, 2.45) is 5.73 Å². The molecule has 3 aromatic rings. The Morgan fingerprint density at radius 3 is 2.85 bits per heavy atom. The van der Waals surface area contributed by atoms with E-state index < -0.39 is 5.54 Å². The van der Waals surface area contributed by atoms with Crippen molar-refractivity contribution in [1.82, 2.24) is 24.8 Å². The smallest absolute Gasteiger partial charge is 0.242 e. The maximum Gasteiger partial charge on any atom is 0.242 e. The van der Waals surface area contributed by atoms with Gasteiger partial charge in [0.15, 0.2) is 11.5 Å². The van der Waals surface area contributed by atoms with Gasteiger partial charge in [-0.3, -0.25) is 4.79 Å². The van der Waals surface area contributed by atoms with Gasteiger partial charge in [0.25, 0.3) is 0 Å². The van der Waals surface area contributed by atoms with Gasteiger partial charge in [-0.1, -0.05) is 31.9 Å². The molecule has 0 unspecified atom stereocenters. The summed E-state index contributed by atoms with van der Waals surface area (Å²) in [5.41, 5.74) is 16.6. The maximum absolute atomic E-state index is 13.0. The number of benzene rings is 1. The highest BCUT2D eigenvalue weighted by Crippen LogP contribution is 2.32. The third-order valence-electron chi connectivity index (χ3n) is 7.17. The average molecular weight is 449 g/mol. The minimum atomic E-state index is -0.870. The molecule has 1 saturated carbocycles. The van der Waals surface area contributed by atoms with Crippen LogP contribution in [0, 0.1) is 0 Å². The summed E-state index contributed by atoms with van der Waals surface area (Å²) >= 11 is 0. The van der Waals surface area contributed by atoms with Crippen LogP contribution >= 0.6 is 0 Å². The molecule has 0 radical (unpaired) electrons. The SMILES string of the molecule is CCc1cccc(N2CC[C@](N)(C(=O)NC3CCCC3)C2)c1Cn1cnc2c(N)ncnc21. The normalized spacial score (nSPS) is 21.2. The van der Waals surface area contributed by atoms with Gasteiger partial charge in [0.2, 0.25) is 5.91 Å². The number of hydrogen-bond acceptors (Lipinski definition) is 7. The summed E-state index contributed by atoms with van der Waals surface area (Å²) in [6.07, 6.45) is 9.24. The van der Waals surface area contributed by atoms with Crippen LogP contribution in [0.25, 0.3) is 11.2 Å². The second-order valence-electron chi connectivity index (χ2n) is 9.35. The lowest BCUT2D eigenvalue weighted by Gasteiger charge is -2.28. The van der Waals surface area contributed by atoms with E-state index in [0.29, 0.717) is 36.5 Å². The van der Waals surface area contributed by atoms with Crippen LogP contribution in [0.15, 0.2) is 30.9 Å². The Morgan fingerprint density at radius 2 is 2.06 bits per heavy atom. The number of anilines is 2. The van der Waals surface area contributed by atoms with E-state index in [2.05, 4.69) is 50.3 Å². The molecule has 2 aromatic heterocycles. The molecule has 5 rings (SSSR count). The Bertz CT molecular complexity index is 1170. The van der Waals surface area contributed by atoms with E-state index in [1.807, 2.05) is 4.57 Å². The number of rotatable bonds is 6. The molecule has 0 spiro atoms. The number of fused-ring (bicyclic) bond motifs is 1. The lowest BCUT2D eigenvalue weighted by molar-refractivity contribution is -0.126. The standard InChI is InChI=1S/C24H32N8O/c1-2-16-6-5-9-19(18(16)12-32-15-29-20-21(25)27-14-28-22(20)32)31-11-10-24(26,13-31)23(33)30-17-7-3-4-8-17/h5-6,9,14-15,17H,2-4,7-8,10-13,26H2,1H3,(H,30,33)(H2,25,27,28)/t24-/m1/s1. The number of nitrogen functional groups attached to an aromatic ring is 1. The maximum atomic E-state index is 13.0. The summed E-state index contributed by atoms with van der Waals surface area (Å²) in [6.45, 7) is 4.01. The van der Waals surface area contributed by atoms with Crippen LogP contribution in [0.2, 0.25) is 0 Å². The monoisotopic (exact) mass is 448 g/mol. The lowest BCUT2D eigenvalue weighted by Crippen LogP contribution is -2.57. The summed E-state index contributed by atoms with van der Waals surface area (Å²) in [4.78, 5) is 28.2. The number of imidazole rings is 1. The Morgan fingerprint density at radius 1 is 1.24 bits per heavy atom. The van der Waals surface area contributed by atoms with E-state index >= 15 is 0 Å². The van der Waals surface area contributed by atoms with Crippen molar-refractivity contribution in [3.63, 3.8) is 0 Å². The van der Waals surface area contributed by atoms with E-state index in [1.54, 1.807) is 6.33 Å². The van der Waals surface area contributed by atoms with Gasteiger partial charge in [0.1, 0.15) is 17.4 Å². The van der Waals surface area contributed by atoms with Gasteiger partial charge in [-0.15, -0.1) is 0 Å². The molecule has 1 amide bonds. The number of amides is 1. The molecule has 1 aliphatic carbocycles. The molecular formula is C24H32N8O. The first-order valence-electron chi connectivity index (χ1n) is 11.9. The minimum Gasteiger partial charge on any atom is -0.382 e. The molecule has 2 fully saturated rings. The predicted octanol–water partition coefficient (Wildman–Crippen LogP) is 1.99. The predicted molar refractivity (Wildman–Crippen MR) is 129 cm³/mol. The Hall–Kier alpha value is -3.20. The largest absolute Gasteiger partial charge is 0.382 e. The summed E-state index contributed by atoms with van der Waals surface area (Å²) < 4.78 is 2.00. The summed E-state index contributed by atoms with van der Waals surface area (Å²) in [5, 5.41) is 3.20. The molecule has 5 N–H and O–H groups in total. The molecule has 9 heteroatoms. The fourth-order valence-electron chi connectivity index (χ4n) is 5.24. The van der Waals surface area contributed by atoms with Crippen molar-refractivity contribution in [3.8, 4) is 0 Å². The number of aromatic nitrogens is 4. The molecule has 174 valence electrons. The summed E-state index contributed by atoms with van der Waals surface area (Å²) in [7, 11) is 0. The molecule has 1 aromatic carbocycles. The quantitative estimate of drug-likeness (QED) is 0.526. The topological polar surface area (TPSA) is 128 Å². The van der Waals surface area contributed by atoms with Crippen LogP contribution in [0.4, 0.5) is 11.5 Å². The van der Waals surface area contributed by atoms with Gasteiger partial charge in [0, 0.05) is 24.8 Å². The number of aryl methyl sites for hydroxylation is 1. The zero-order valence-corrected chi connectivity index (χ0v) is 19.1. The molecule has 1 aliphatic heterocycles. The van der Waals surface area contributed by atoms with Crippen LogP contribution in [-0.4, -0.2) is 50.1 Å². The highest BCUT2D eigenvalue weighted by atomic mass is 16.2. The molecule has 33 heavy (non-hydrogen) atoms. The Labute approximate surface area is 193 Å². The molecule has 9 nitrogen and oxygen atoms in total. The van der Waals surface area contributed by atoms with Crippen molar-refractivity contribution in [2.75, 3.05) is 23.7 Å². The van der Waals surface area contributed by atoms with Gasteiger partial charge >= 0.3 is 0 Å². The van der Waals surface area contributed by atoms with Gasteiger partial charge in [-0.2, -0.15) is 0 Å². The first kappa shape index (κ1) is 21.6. The fourth-order valence-corrected chi connectivity index (χ4v) is 5.24. The Balaban J connectivity index is 1.42. The number of carbonyl (C=O) groups is 1. The van der Waals surface area contributed by atoms with E-state index in [-0.39, 0.29) is 11.9 Å². The van der Waals surface area contributed by atoms with Gasteiger partial charge in [0.05, 0.1) is 12.9 Å². The van der Waals surface area contributed by atoms with E-state index in [4.69, 9.17) is 11.5 Å². The van der Waals surface area contributed by atoms with E-state index in [9.17, 15) is 4.79 Å². The van der Waals surface area contributed by atoms with Crippen molar-refractivity contribution >= 4 is 28.6 Å². The number of nitrogens with one attached hydrogen (secondary N) is 1. The van der Waals surface area contributed by atoms with Crippen molar-refractivity contribution in [3.05, 3.63) is 42.0 Å². The van der Waals surface area contributed by atoms with Gasteiger partial charge in [-0.25, -0.2) is 15.0 Å². The minimum absolute atomic E-state index is 0.0159. The number of carbonyl (C=O) groups excluding carboxylic acids is 1. The highest BCUT2D eigenvalue weighted by Gasteiger charge is 2.42. The highest BCUT2D eigenvalue weighted by molar-refractivity contribution is 5.88. The van der Waals surface area contributed by atoms with E-state index in [1.165, 1.54) is 30.3 Å². The summed E-state index contributed by atoms with van der Waals surface area (Å²) in [5.74, 6) is 0.362. The molecule has 1 saturated heterocycles. The zero-order chi connectivity index (χ0) is 23.0. The van der Waals surface area contributed by atoms with Gasteiger partial charge < -0.3 is 26.3 Å². The van der Waals surface area contributed by atoms with Crippen molar-refractivity contribution < 1.29 is 4.79 Å². The zero-order valence-electron chi connectivity index (χ0n) is 19.1. The van der Waals surface area contributed by atoms with Crippen LogP contribution in [0.5, 0.6) is 0 Å². The van der Waals surface area contributed by atoms with Crippen molar-refractivity contribution in [1.29, 1.82) is 0 Å². The molecule has 3 heterocycles. The number of nitrogens with two attached hydrogens (primary N) is 2. The van der Waals surface area contributed by atoms with Crippen LogP contribution in [0.3, 0.4) is 0 Å². The van der Waals surface area contributed by atoms with Crippen LogP contribution in [0.1, 0.15) is 50.2 Å². The number of hydrogen-bond donors (Lipinski definition) is 3. The second kappa shape index (κ2) is 8.62. The first-order chi connectivity index (χ1) is 16.0. The molecular weight excluding hydrogens is 416 g/mol. The lowest BCUT2D eigenvalue weighted by atomic mass is 9.98. The first-order valence-corrected chi connectivity index (χ1v) is 11.9. The Kier molecular flexibility index (Phi) is 5.65.